The van der Waals surface area contributed by atoms with Gasteiger partial charge < -0.3 is 19.9 Å². The molecule has 0 aliphatic heterocycles. The molecule has 0 spiro atoms. The van der Waals surface area contributed by atoms with Crippen molar-refractivity contribution in [1.82, 2.24) is 19.6 Å². The zero-order chi connectivity index (χ0) is 28.4. The molecule has 2 N–H and O–H groups in total. The van der Waals surface area contributed by atoms with Gasteiger partial charge in [-0.25, -0.2) is 9.50 Å². The minimum absolute atomic E-state index is 0.0594. The summed E-state index contributed by atoms with van der Waals surface area (Å²) >= 11 is 0. The molecule has 3 heterocycles. The van der Waals surface area contributed by atoms with Gasteiger partial charge in [0.25, 0.3) is 5.91 Å². The van der Waals surface area contributed by atoms with Crippen molar-refractivity contribution >= 4 is 17.2 Å². The highest BCUT2D eigenvalue weighted by molar-refractivity contribution is 6.03. The van der Waals surface area contributed by atoms with Gasteiger partial charge >= 0.3 is 0 Å². The zero-order valence-corrected chi connectivity index (χ0v) is 23.1. The van der Waals surface area contributed by atoms with Crippen LogP contribution in [0.4, 0.5) is 5.69 Å². The average Bonchev–Trinajstić information content (AvgIpc) is 3.40. The van der Waals surface area contributed by atoms with E-state index >= 15 is 0 Å². The summed E-state index contributed by atoms with van der Waals surface area (Å²) in [6.07, 6.45) is 2.83. The third-order valence-corrected chi connectivity index (χ3v) is 7.02. The SMILES string of the molecule is COC(OC)c1ccc(C(=O)Nc2cccc(-c3cccc(-c4nc5c(C)cc(CO)cn5n4)c3C)c2C)nc1. The summed E-state index contributed by atoms with van der Waals surface area (Å²) in [4.78, 5) is 22.1. The van der Waals surface area contributed by atoms with E-state index in [4.69, 9.17) is 19.6 Å². The van der Waals surface area contributed by atoms with Crippen LogP contribution in [0.25, 0.3) is 28.2 Å². The van der Waals surface area contributed by atoms with Gasteiger partial charge in [-0.1, -0.05) is 36.4 Å². The first-order chi connectivity index (χ1) is 19.3. The van der Waals surface area contributed by atoms with E-state index in [2.05, 4.69) is 16.4 Å². The first-order valence-electron chi connectivity index (χ1n) is 12.8. The third-order valence-electron chi connectivity index (χ3n) is 7.02. The molecular formula is C31H31N5O4. The molecule has 9 nitrogen and oxygen atoms in total. The number of aryl methyl sites for hydroxylation is 1. The van der Waals surface area contributed by atoms with Crippen molar-refractivity contribution in [3.05, 3.63) is 101 Å². The molecule has 0 saturated carbocycles. The summed E-state index contributed by atoms with van der Waals surface area (Å²) in [5.74, 6) is 0.300. The van der Waals surface area contributed by atoms with E-state index in [1.54, 1.807) is 43.3 Å². The summed E-state index contributed by atoms with van der Waals surface area (Å²) in [6.45, 7) is 5.93. The summed E-state index contributed by atoms with van der Waals surface area (Å²) in [6, 6.07) is 17.2. The van der Waals surface area contributed by atoms with E-state index in [1.165, 1.54) is 0 Å². The molecule has 3 aromatic heterocycles. The Morgan fingerprint density at radius 2 is 1.68 bits per heavy atom. The van der Waals surface area contributed by atoms with E-state index < -0.39 is 6.29 Å². The smallest absolute Gasteiger partial charge is 0.274 e. The normalized spacial score (nSPS) is 11.4. The quantitative estimate of drug-likeness (QED) is 0.254. The molecule has 204 valence electrons. The average molecular weight is 538 g/mol. The van der Waals surface area contributed by atoms with E-state index in [9.17, 15) is 9.90 Å². The molecule has 0 fully saturated rings. The number of benzene rings is 2. The topological polar surface area (TPSA) is 111 Å². The van der Waals surface area contributed by atoms with Gasteiger partial charge in [0.15, 0.2) is 17.8 Å². The Morgan fingerprint density at radius 1 is 0.975 bits per heavy atom. The number of pyridine rings is 2. The van der Waals surface area contributed by atoms with Crippen LogP contribution in [-0.2, 0) is 16.1 Å². The number of aliphatic hydroxyl groups excluding tert-OH is 1. The van der Waals surface area contributed by atoms with Gasteiger partial charge in [0.1, 0.15) is 5.69 Å². The van der Waals surface area contributed by atoms with Crippen LogP contribution >= 0.6 is 0 Å². The molecule has 0 saturated heterocycles. The maximum absolute atomic E-state index is 13.0. The minimum atomic E-state index is -0.541. The van der Waals surface area contributed by atoms with Gasteiger partial charge in [-0.3, -0.25) is 9.78 Å². The molecule has 2 aromatic carbocycles. The van der Waals surface area contributed by atoms with Crippen LogP contribution in [0.5, 0.6) is 0 Å². The maximum Gasteiger partial charge on any atom is 0.274 e. The van der Waals surface area contributed by atoms with E-state index in [1.807, 2.05) is 57.2 Å². The van der Waals surface area contributed by atoms with Crippen LogP contribution < -0.4 is 5.32 Å². The number of fused-ring (bicyclic) bond motifs is 1. The van der Waals surface area contributed by atoms with Crippen molar-refractivity contribution in [3.8, 4) is 22.5 Å². The highest BCUT2D eigenvalue weighted by atomic mass is 16.7. The number of anilines is 1. The van der Waals surface area contributed by atoms with Gasteiger partial charge in [-0.15, -0.1) is 5.10 Å². The predicted octanol–water partition coefficient (Wildman–Crippen LogP) is 5.42. The van der Waals surface area contributed by atoms with Gasteiger partial charge in [0.05, 0.1) is 6.61 Å². The standard InChI is InChI=1S/C31H31N5O4/c1-18-14-21(17-37)16-36-29(18)34-28(35-36)25-10-6-8-23(19(25)2)24-9-7-11-26(20(24)3)33-30(38)27-13-12-22(15-32-27)31(39-4)40-5/h6-16,31,37H,17H2,1-5H3,(H,33,38). The molecule has 5 rings (SSSR count). The number of aliphatic hydroxyl groups is 1. The predicted molar refractivity (Wildman–Crippen MR) is 153 cm³/mol. The number of amides is 1. The van der Waals surface area contributed by atoms with Crippen LogP contribution in [0.3, 0.4) is 0 Å². The third kappa shape index (κ3) is 5.10. The number of ether oxygens (including phenoxy) is 2. The van der Waals surface area contributed by atoms with Gasteiger partial charge in [-0.05, 0) is 72.4 Å². The molecule has 0 atom stereocenters. The van der Waals surface area contributed by atoms with Crippen molar-refractivity contribution in [2.24, 2.45) is 0 Å². The summed E-state index contributed by atoms with van der Waals surface area (Å²) in [5, 5.41) is 17.3. The zero-order valence-electron chi connectivity index (χ0n) is 23.1. The van der Waals surface area contributed by atoms with Crippen LogP contribution in [-0.4, -0.2) is 44.8 Å². The van der Waals surface area contributed by atoms with Crippen molar-refractivity contribution in [2.75, 3.05) is 19.5 Å². The van der Waals surface area contributed by atoms with Crippen LogP contribution in [0.1, 0.15) is 44.6 Å². The maximum atomic E-state index is 13.0. The van der Waals surface area contributed by atoms with Crippen LogP contribution in [0.15, 0.2) is 67.0 Å². The first kappa shape index (κ1) is 27.1. The monoisotopic (exact) mass is 537 g/mol. The van der Waals surface area contributed by atoms with Crippen LogP contribution in [0.2, 0.25) is 0 Å². The Bertz CT molecular complexity index is 1690. The fourth-order valence-electron chi connectivity index (χ4n) is 4.89. The number of carbonyl (C=O) groups excluding carboxylic acids is 1. The van der Waals surface area contributed by atoms with E-state index in [0.29, 0.717) is 11.5 Å². The fraction of sp³-hybridized carbons (Fsp3) is 0.226. The van der Waals surface area contributed by atoms with Crippen molar-refractivity contribution in [1.29, 1.82) is 0 Å². The van der Waals surface area contributed by atoms with Gasteiger partial charge in [0.2, 0.25) is 0 Å². The molecular weight excluding hydrogens is 506 g/mol. The Hall–Kier alpha value is -4.44. The lowest BCUT2D eigenvalue weighted by molar-refractivity contribution is -0.106. The van der Waals surface area contributed by atoms with Gasteiger partial charge in [-0.2, -0.15) is 0 Å². The number of nitrogens with one attached hydrogen (secondary N) is 1. The molecule has 0 aliphatic rings. The lowest BCUT2D eigenvalue weighted by Crippen LogP contribution is -2.15. The molecule has 9 heteroatoms. The van der Waals surface area contributed by atoms with Gasteiger partial charge in [0, 0.05) is 43.4 Å². The lowest BCUT2D eigenvalue weighted by atomic mass is 9.92. The second-order valence-electron chi connectivity index (χ2n) is 9.58. The second-order valence-corrected chi connectivity index (χ2v) is 9.58. The Balaban J connectivity index is 1.45. The number of rotatable bonds is 8. The van der Waals surface area contributed by atoms with E-state index in [-0.39, 0.29) is 18.2 Å². The first-order valence-corrected chi connectivity index (χ1v) is 12.8. The Labute approximate surface area is 232 Å². The summed E-state index contributed by atoms with van der Waals surface area (Å²) in [7, 11) is 3.09. The fourth-order valence-corrected chi connectivity index (χ4v) is 4.89. The largest absolute Gasteiger partial charge is 0.392 e. The molecule has 40 heavy (non-hydrogen) atoms. The molecule has 5 aromatic rings. The number of hydrogen-bond donors (Lipinski definition) is 2. The Kier molecular flexibility index (Phi) is 7.70. The molecule has 0 unspecified atom stereocenters. The molecule has 0 aliphatic carbocycles. The number of methoxy groups -OCH3 is 2. The lowest BCUT2D eigenvalue weighted by Gasteiger charge is -2.16. The number of carbonyl (C=O) groups is 1. The van der Waals surface area contributed by atoms with Crippen molar-refractivity contribution < 1.29 is 19.4 Å². The number of nitrogens with zero attached hydrogens (tertiary/aromatic N) is 4. The summed E-state index contributed by atoms with van der Waals surface area (Å²) < 4.78 is 12.2. The van der Waals surface area contributed by atoms with Crippen molar-refractivity contribution in [2.45, 2.75) is 33.7 Å². The van der Waals surface area contributed by atoms with E-state index in [0.717, 1.165) is 50.2 Å². The minimum Gasteiger partial charge on any atom is -0.392 e. The molecule has 0 radical (unpaired) electrons. The number of hydrogen-bond acceptors (Lipinski definition) is 7. The Morgan fingerprint density at radius 3 is 2.35 bits per heavy atom. The highest BCUT2D eigenvalue weighted by Crippen LogP contribution is 2.35. The highest BCUT2D eigenvalue weighted by Gasteiger charge is 2.18. The molecule has 1 amide bonds. The second kappa shape index (κ2) is 11.4. The number of aromatic nitrogens is 4. The molecule has 0 bridgehead atoms. The van der Waals surface area contributed by atoms with Crippen molar-refractivity contribution in [3.63, 3.8) is 0 Å². The van der Waals surface area contributed by atoms with Crippen LogP contribution in [0, 0.1) is 20.8 Å². The summed E-state index contributed by atoms with van der Waals surface area (Å²) in [5.41, 5.74) is 9.05.